The fraction of sp³-hybridized carbons (Fsp3) is 0.545. The molecule has 1 aromatic rings. The van der Waals surface area contributed by atoms with Crippen molar-refractivity contribution in [2.75, 3.05) is 18.9 Å². The van der Waals surface area contributed by atoms with Crippen molar-refractivity contribution in [2.24, 2.45) is 0 Å². The minimum atomic E-state index is -3.66. The summed E-state index contributed by atoms with van der Waals surface area (Å²) >= 11 is 0. The van der Waals surface area contributed by atoms with E-state index in [9.17, 15) is 8.42 Å². The van der Waals surface area contributed by atoms with Crippen molar-refractivity contribution in [1.29, 1.82) is 0 Å². The molecule has 6 nitrogen and oxygen atoms in total. The highest BCUT2D eigenvalue weighted by Gasteiger charge is 2.21. The van der Waals surface area contributed by atoms with Crippen LogP contribution in [0.2, 0.25) is 0 Å². The number of nitrogens with one attached hydrogen (secondary N) is 1. The molecule has 1 atom stereocenters. The first-order valence-corrected chi connectivity index (χ1v) is 7.39. The van der Waals surface area contributed by atoms with E-state index in [2.05, 4.69) is 9.71 Å². The van der Waals surface area contributed by atoms with E-state index in [0.717, 1.165) is 19.3 Å². The molecule has 1 fully saturated rings. The summed E-state index contributed by atoms with van der Waals surface area (Å²) in [6.07, 6.45) is 4.33. The summed E-state index contributed by atoms with van der Waals surface area (Å²) < 4.78 is 31.9. The van der Waals surface area contributed by atoms with Crippen LogP contribution in [0.25, 0.3) is 0 Å². The molecule has 3 N–H and O–H groups in total. The molecule has 0 aliphatic carbocycles. The van der Waals surface area contributed by atoms with E-state index < -0.39 is 10.0 Å². The normalized spacial score (nSPS) is 20.8. The number of aromatic nitrogens is 1. The molecule has 0 spiro atoms. The van der Waals surface area contributed by atoms with Gasteiger partial charge in [-0.2, -0.15) is 0 Å². The Labute approximate surface area is 107 Å². The zero-order valence-corrected chi connectivity index (χ0v) is 10.8. The largest absolute Gasteiger partial charge is 0.396 e. The highest BCUT2D eigenvalue weighted by atomic mass is 32.2. The number of hydrogen-bond donors (Lipinski definition) is 2. The van der Waals surface area contributed by atoms with Crippen LogP contribution in [0.15, 0.2) is 23.4 Å². The second-order valence-corrected chi connectivity index (χ2v) is 5.92. The number of nitrogens with zero attached hydrogens (tertiary/aromatic N) is 1. The maximum atomic E-state index is 12.0. The monoisotopic (exact) mass is 271 g/mol. The molecule has 18 heavy (non-hydrogen) atoms. The van der Waals surface area contributed by atoms with Crippen LogP contribution in [0.3, 0.4) is 0 Å². The maximum Gasteiger partial charge on any atom is 0.260 e. The number of sulfonamides is 1. The van der Waals surface area contributed by atoms with E-state index in [1.165, 1.54) is 12.3 Å². The summed E-state index contributed by atoms with van der Waals surface area (Å²) in [5.74, 6) is 0. The van der Waals surface area contributed by atoms with E-state index in [1.54, 1.807) is 6.07 Å². The van der Waals surface area contributed by atoms with Gasteiger partial charge in [0, 0.05) is 19.3 Å². The summed E-state index contributed by atoms with van der Waals surface area (Å²) in [5.41, 5.74) is 5.75. The molecular weight excluding hydrogens is 254 g/mol. The van der Waals surface area contributed by atoms with Crippen LogP contribution >= 0.6 is 0 Å². The number of anilines is 1. The molecule has 7 heteroatoms. The van der Waals surface area contributed by atoms with Crippen molar-refractivity contribution < 1.29 is 13.2 Å². The van der Waals surface area contributed by atoms with Crippen LogP contribution in [-0.2, 0) is 14.8 Å². The molecule has 1 saturated heterocycles. The number of nitrogens with two attached hydrogens (primary N) is 1. The molecule has 2 rings (SSSR count). The molecule has 0 bridgehead atoms. The van der Waals surface area contributed by atoms with Gasteiger partial charge in [-0.05, 0) is 31.4 Å². The number of pyridine rings is 1. The summed E-state index contributed by atoms with van der Waals surface area (Å²) in [5, 5.41) is -0.124. The van der Waals surface area contributed by atoms with Crippen molar-refractivity contribution in [3.05, 3.63) is 18.3 Å². The Morgan fingerprint density at radius 1 is 1.50 bits per heavy atom. The lowest BCUT2D eigenvalue weighted by Gasteiger charge is -2.22. The van der Waals surface area contributed by atoms with E-state index in [0.29, 0.717) is 6.61 Å². The number of rotatable bonds is 4. The third-order valence-electron chi connectivity index (χ3n) is 2.83. The molecule has 100 valence electrons. The van der Waals surface area contributed by atoms with Crippen LogP contribution < -0.4 is 10.5 Å². The lowest BCUT2D eigenvalue weighted by Crippen LogP contribution is -2.36. The van der Waals surface area contributed by atoms with Gasteiger partial charge in [-0.1, -0.05) is 0 Å². The van der Waals surface area contributed by atoms with Crippen molar-refractivity contribution >= 4 is 15.7 Å². The topological polar surface area (TPSA) is 94.3 Å². The van der Waals surface area contributed by atoms with Gasteiger partial charge in [-0.3, -0.25) is 0 Å². The Bertz CT molecular complexity index is 498. The molecule has 0 amide bonds. The molecular formula is C11H17N3O3S. The van der Waals surface area contributed by atoms with Crippen molar-refractivity contribution in [3.8, 4) is 0 Å². The fourth-order valence-electron chi connectivity index (χ4n) is 1.87. The van der Waals surface area contributed by atoms with Gasteiger partial charge in [0.05, 0.1) is 11.8 Å². The Balaban J connectivity index is 2.01. The van der Waals surface area contributed by atoms with Gasteiger partial charge in [-0.25, -0.2) is 18.1 Å². The molecule has 2 heterocycles. The highest BCUT2D eigenvalue weighted by Crippen LogP contribution is 2.15. The molecule has 1 unspecified atom stereocenters. The van der Waals surface area contributed by atoms with Crippen LogP contribution in [0, 0.1) is 0 Å². The Kier molecular flexibility index (Phi) is 4.15. The van der Waals surface area contributed by atoms with Crippen LogP contribution in [0.1, 0.15) is 19.3 Å². The summed E-state index contributed by atoms with van der Waals surface area (Å²) in [6, 6.07) is 3.11. The second-order valence-electron chi connectivity index (χ2n) is 4.24. The zero-order valence-electron chi connectivity index (χ0n) is 10.0. The standard InChI is InChI=1S/C11H17N3O3S/c12-10-5-3-6-13-11(10)18(15,16)14-8-9-4-1-2-7-17-9/h3,5-6,9,14H,1-2,4,7-8,12H2. The van der Waals surface area contributed by atoms with E-state index in [-0.39, 0.29) is 23.4 Å². The van der Waals surface area contributed by atoms with E-state index in [1.807, 2.05) is 0 Å². The average Bonchev–Trinajstić information content (AvgIpc) is 2.38. The third-order valence-corrected chi connectivity index (χ3v) is 4.23. The molecule has 1 aliphatic heterocycles. The first-order valence-electron chi connectivity index (χ1n) is 5.91. The SMILES string of the molecule is Nc1cccnc1S(=O)(=O)NCC1CCCCO1. The van der Waals surface area contributed by atoms with E-state index in [4.69, 9.17) is 10.5 Å². The lowest BCUT2D eigenvalue weighted by molar-refractivity contribution is 0.0200. The highest BCUT2D eigenvalue weighted by molar-refractivity contribution is 7.89. The molecule has 1 aromatic heterocycles. The number of nitrogen functional groups attached to an aromatic ring is 1. The van der Waals surface area contributed by atoms with Gasteiger partial charge in [0.2, 0.25) is 0 Å². The maximum absolute atomic E-state index is 12.0. The average molecular weight is 271 g/mol. The van der Waals surface area contributed by atoms with Gasteiger partial charge in [-0.15, -0.1) is 0 Å². The Morgan fingerprint density at radius 2 is 2.33 bits per heavy atom. The molecule has 0 saturated carbocycles. The smallest absolute Gasteiger partial charge is 0.260 e. The number of ether oxygens (including phenoxy) is 1. The lowest BCUT2D eigenvalue weighted by atomic mass is 10.1. The third kappa shape index (κ3) is 3.18. The van der Waals surface area contributed by atoms with Crippen molar-refractivity contribution in [1.82, 2.24) is 9.71 Å². The van der Waals surface area contributed by atoms with Crippen molar-refractivity contribution in [2.45, 2.75) is 30.4 Å². The Morgan fingerprint density at radius 3 is 3.00 bits per heavy atom. The second kappa shape index (κ2) is 5.64. The zero-order chi connectivity index (χ0) is 13.0. The first kappa shape index (κ1) is 13.3. The van der Waals surface area contributed by atoms with Crippen LogP contribution in [-0.4, -0.2) is 32.7 Å². The van der Waals surface area contributed by atoms with Crippen LogP contribution in [0.4, 0.5) is 5.69 Å². The Hall–Kier alpha value is -1.18. The van der Waals surface area contributed by atoms with Crippen molar-refractivity contribution in [3.63, 3.8) is 0 Å². The van der Waals surface area contributed by atoms with Gasteiger partial charge >= 0.3 is 0 Å². The molecule has 0 radical (unpaired) electrons. The van der Waals surface area contributed by atoms with Gasteiger partial charge in [0.15, 0.2) is 5.03 Å². The van der Waals surface area contributed by atoms with Gasteiger partial charge < -0.3 is 10.5 Å². The molecule has 0 aromatic carbocycles. The van der Waals surface area contributed by atoms with Crippen LogP contribution in [0.5, 0.6) is 0 Å². The minimum absolute atomic E-state index is 0.0570. The summed E-state index contributed by atoms with van der Waals surface area (Å²) in [4.78, 5) is 3.80. The quantitative estimate of drug-likeness (QED) is 0.832. The first-order chi connectivity index (χ1) is 8.59. The van der Waals surface area contributed by atoms with E-state index >= 15 is 0 Å². The summed E-state index contributed by atoms with van der Waals surface area (Å²) in [6.45, 7) is 0.955. The van der Waals surface area contributed by atoms with Gasteiger partial charge in [0.25, 0.3) is 10.0 Å². The minimum Gasteiger partial charge on any atom is -0.396 e. The summed E-state index contributed by atoms with van der Waals surface area (Å²) in [7, 11) is -3.66. The fourth-order valence-corrected chi connectivity index (χ4v) is 2.99. The molecule has 1 aliphatic rings. The van der Waals surface area contributed by atoms with Gasteiger partial charge in [0.1, 0.15) is 0 Å². The predicted molar refractivity (Wildman–Crippen MR) is 67.4 cm³/mol. The number of hydrogen-bond acceptors (Lipinski definition) is 5. The predicted octanol–water partition coefficient (Wildman–Crippen LogP) is 0.511.